The molecule has 0 saturated carbocycles. The van der Waals surface area contributed by atoms with Gasteiger partial charge in [-0.25, -0.2) is 13.6 Å². The Balaban J connectivity index is 1.70. The van der Waals surface area contributed by atoms with Crippen LogP contribution >= 0.6 is 0 Å². The molecule has 28 heavy (non-hydrogen) atoms. The van der Waals surface area contributed by atoms with Crippen LogP contribution in [-0.2, 0) is 11.3 Å². The number of nitrogens with zero attached hydrogens (tertiary/aromatic N) is 1. The smallest absolute Gasteiger partial charge is 0.340 e. The molecule has 0 bridgehead atoms. The van der Waals surface area contributed by atoms with Gasteiger partial charge in [0.05, 0.1) is 18.4 Å². The number of carbonyl (C=O) groups is 2. The minimum atomic E-state index is -1.05. The fourth-order valence-electron chi connectivity index (χ4n) is 3.24. The van der Waals surface area contributed by atoms with Crippen molar-refractivity contribution in [2.45, 2.75) is 25.8 Å². The summed E-state index contributed by atoms with van der Waals surface area (Å²) in [6.07, 6.45) is 3.68. The van der Waals surface area contributed by atoms with Crippen molar-refractivity contribution in [1.29, 1.82) is 0 Å². The zero-order valence-corrected chi connectivity index (χ0v) is 15.6. The van der Waals surface area contributed by atoms with Crippen molar-refractivity contribution >= 4 is 17.6 Å². The van der Waals surface area contributed by atoms with E-state index < -0.39 is 29.1 Å². The number of hydrogen-bond acceptors (Lipinski definition) is 4. The number of anilines is 1. The minimum Gasteiger partial charge on any atom is -0.465 e. The van der Waals surface area contributed by atoms with E-state index in [9.17, 15) is 18.4 Å². The molecule has 1 saturated heterocycles. The average molecular weight is 388 g/mol. The van der Waals surface area contributed by atoms with Crippen LogP contribution in [0.5, 0.6) is 0 Å². The first-order chi connectivity index (χ1) is 13.5. The molecule has 3 rings (SSSR count). The van der Waals surface area contributed by atoms with Gasteiger partial charge in [0.1, 0.15) is 11.6 Å². The second-order valence-electron chi connectivity index (χ2n) is 6.79. The summed E-state index contributed by atoms with van der Waals surface area (Å²) >= 11 is 0. The van der Waals surface area contributed by atoms with Crippen LogP contribution in [0.25, 0.3) is 0 Å². The maximum Gasteiger partial charge on any atom is 0.340 e. The van der Waals surface area contributed by atoms with Gasteiger partial charge in [-0.05, 0) is 49.7 Å². The van der Waals surface area contributed by atoms with Crippen LogP contribution in [0.1, 0.15) is 45.5 Å². The predicted octanol–water partition coefficient (Wildman–Crippen LogP) is 3.99. The topological polar surface area (TPSA) is 58.6 Å². The first-order valence-electron chi connectivity index (χ1n) is 9.18. The van der Waals surface area contributed by atoms with E-state index in [0.717, 1.165) is 38.4 Å². The quantitative estimate of drug-likeness (QED) is 0.787. The van der Waals surface area contributed by atoms with Gasteiger partial charge in [-0.1, -0.05) is 18.6 Å². The number of halogens is 2. The number of esters is 1. The summed E-state index contributed by atoms with van der Waals surface area (Å²) < 4.78 is 32.2. The van der Waals surface area contributed by atoms with Gasteiger partial charge in [0.2, 0.25) is 0 Å². The van der Waals surface area contributed by atoms with E-state index in [0.29, 0.717) is 11.6 Å². The lowest BCUT2D eigenvalue weighted by Gasteiger charge is -2.26. The van der Waals surface area contributed by atoms with Crippen LogP contribution < -0.4 is 5.32 Å². The highest BCUT2D eigenvalue weighted by molar-refractivity contribution is 6.05. The lowest BCUT2D eigenvalue weighted by Crippen LogP contribution is -2.29. The maximum absolute atomic E-state index is 14.0. The fraction of sp³-hybridized carbons (Fsp3) is 0.333. The molecule has 1 aliphatic rings. The third-order valence-corrected chi connectivity index (χ3v) is 4.78. The van der Waals surface area contributed by atoms with Crippen molar-refractivity contribution in [2.24, 2.45) is 0 Å². The van der Waals surface area contributed by atoms with Crippen molar-refractivity contribution in [2.75, 3.05) is 25.5 Å². The van der Waals surface area contributed by atoms with Gasteiger partial charge in [0, 0.05) is 18.2 Å². The standard InChI is InChI=1S/C21H22F2N2O3/c1-28-21(27)16-11-19(18(23)12-17(16)22)24-20(26)15-7-5-14(6-8-15)13-25-9-3-2-4-10-25/h5-8,11-12H,2-4,9-10,13H2,1H3,(H,24,26). The summed E-state index contributed by atoms with van der Waals surface area (Å²) in [5.41, 5.74) is 0.699. The molecule has 0 aliphatic carbocycles. The number of benzene rings is 2. The molecule has 1 N–H and O–H groups in total. The zero-order chi connectivity index (χ0) is 20.1. The molecule has 1 heterocycles. The Kier molecular flexibility index (Phi) is 6.36. The molecule has 1 amide bonds. The molecule has 0 spiro atoms. The van der Waals surface area contributed by atoms with Crippen molar-refractivity contribution in [3.8, 4) is 0 Å². The fourth-order valence-corrected chi connectivity index (χ4v) is 3.24. The highest BCUT2D eigenvalue weighted by Crippen LogP contribution is 2.21. The largest absolute Gasteiger partial charge is 0.465 e. The number of carbonyl (C=O) groups excluding carboxylic acids is 2. The highest BCUT2D eigenvalue weighted by atomic mass is 19.1. The summed E-state index contributed by atoms with van der Waals surface area (Å²) in [6, 6.07) is 8.53. The van der Waals surface area contributed by atoms with Crippen LogP contribution in [-0.4, -0.2) is 37.0 Å². The van der Waals surface area contributed by atoms with Gasteiger partial charge in [-0.2, -0.15) is 0 Å². The Morgan fingerprint density at radius 1 is 1.04 bits per heavy atom. The number of amides is 1. The zero-order valence-electron chi connectivity index (χ0n) is 15.6. The molecular weight excluding hydrogens is 366 g/mol. The third kappa shape index (κ3) is 4.72. The third-order valence-electron chi connectivity index (χ3n) is 4.78. The summed E-state index contributed by atoms with van der Waals surface area (Å²) in [5.74, 6) is -3.52. The Labute approximate surface area is 162 Å². The molecule has 0 unspecified atom stereocenters. The van der Waals surface area contributed by atoms with E-state index in [2.05, 4.69) is 15.0 Å². The lowest BCUT2D eigenvalue weighted by atomic mass is 10.1. The number of hydrogen-bond donors (Lipinski definition) is 1. The van der Waals surface area contributed by atoms with Gasteiger partial charge in [-0.15, -0.1) is 0 Å². The predicted molar refractivity (Wildman–Crippen MR) is 101 cm³/mol. The Morgan fingerprint density at radius 3 is 2.36 bits per heavy atom. The van der Waals surface area contributed by atoms with Gasteiger partial charge in [-0.3, -0.25) is 9.69 Å². The van der Waals surface area contributed by atoms with E-state index in [1.807, 2.05) is 12.1 Å². The molecular formula is C21H22F2N2O3. The lowest BCUT2D eigenvalue weighted by molar-refractivity contribution is 0.0595. The number of nitrogens with one attached hydrogen (secondary N) is 1. The summed E-state index contributed by atoms with van der Waals surface area (Å²) in [4.78, 5) is 26.3. The molecule has 0 atom stereocenters. The van der Waals surface area contributed by atoms with Gasteiger partial charge >= 0.3 is 5.97 Å². The van der Waals surface area contributed by atoms with Crippen molar-refractivity contribution < 1.29 is 23.1 Å². The highest BCUT2D eigenvalue weighted by Gasteiger charge is 2.18. The first kappa shape index (κ1) is 19.9. The van der Waals surface area contributed by atoms with E-state index in [1.165, 1.54) is 19.3 Å². The Bertz CT molecular complexity index is 863. The van der Waals surface area contributed by atoms with Crippen LogP contribution in [0.2, 0.25) is 0 Å². The normalized spacial score (nSPS) is 14.5. The monoisotopic (exact) mass is 388 g/mol. The summed E-state index contributed by atoms with van der Waals surface area (Å²) in [7, 11) is 1.09. The Morgan fingerprint density at radius 2 is 1.71 bits per heavy atom. The second kappa shape index (κ2) is 8.93. The number of ether oxygens (including phenoxy) is 1. The molecule has 2 aromatic carbocycles. The summed E-state index contributed by atoms with van der Waals surface area (Å²) in [6.45, 7) is 2.99. The number of rotatable bonds is 5. The van der Waals surface area contributed by atoms with Crippen molar-refractivity contribution in [3.63, 3.8) is 0 Å². The SMILES string of the molecule is COC(=O)c1cc(NC(=O)c2ccc(CN3CCCCC3)cc2)c(F)cc1F. The van der Waals surface area contributed by atoms with E-state index in [-0.39, 0.29) is 5.69 Å². The molecule has 2 aromatic rings. The number of methoxy groups -OCH3 is 1. The molecule has 148 valence electrons. The first-order valence-corrected chi connectivity index (χ1v) is 9.18. The van der Waals surface area contributed by atoms with Crippen LogP contribution in [0.3, 0.4) is 0 Å². The van der Waals surface area contributed by atoms with E-state index in [4.69, 9.17) is 0 Å². The minimum absolute atomic E-state index is 0.288. The molecule has 5 nitrogen and oxygen atoms in total. The molecule has 0 radical (unpaired) electrons. The van der Waals surface area contributed by atoms with Crippen LogP contribution in [0.15, 0.2) is 36.4 Å². The summed E-state index contributed by atoms with van der Waals surface area (Å²) in [5, 5.41) is 2.38. The van der Waals surface area contributed by atoms with Gasteiger partial charge < -0.3 is 10.1 Å². The molecule has 1 fully saturated rings. The van der Waals surface area contributed by atoms with Crippen LogP contribution in [0.4, 0.5) is 14.5 Å². The molecule has 0 aromatic heterocycles. The van der Waals surface area contributed by atoms with Crippen LogP contribution in [0, 0.1) is 11.6 Å². The van der Waals surface area contributed by atoms with E-state index in [1.54, 1.807) is 12.1 Å². The molecule has 7 heteroatoms. The average Bonchev–Trinajstić information content (AvgIpc) is 2.70. The van der Waals surface area contributed by atoms with Crippen molar-refractivity contribution in [3.05, 3.63) is 64.7 Å². The number of likely N-dealkylation sites (tertiary alicyclic amines) is 1. The van der Waals surface area contributed by atoms with Crippen molar-refractivity contribution in [1.82, 2.24) is 4.90 Å². The molecule has 1 aliphatic heterocycles. The maximum atomic E-state index is 14.0. The van der Waals surface area contributed by atoms with Gasteiger partial charge in [0.25, 0.3) is 5.91 Å². The van der Waals surface area contributed by atoms with Gasteiger partial charge in [0.15, 0.2) is 0 Å². The number of piperidine rings is 1. The van der Waals surface area contributed by atoms with E-state index >= 15 is 0 Å². The second-order valence-corrected chi connectivity index (χ2v) is 6.79. The Hall–Kier alpha value is -2.80.